The summed E-state index contributed by atoms with van der Waals surface area (Å²) >= 11 is 0. The van der Waals surface area contributed by atoms with Gasteiger partial charge in [0.1, 0.15) is 0 Å². The molecule has 1 atom stereocenters. The number of rotatable bonds is 13. The lowest BCUT2D eigenvalue weighted by Gasteiger charge is -2.26. The van der Waals surface area contributed by atoms with Crippen molar-refractivity contribution in [3.63, 3.8) is 0 Å². The van der Waals surface area contributed by atoms with Crippen molar-refractivity contribution in [3.05, 3.63) is 35.4 Å². The predicted octanol–water partition coefficient (Wildman–Crippen LogP) is 2.77. The van der Waals surface area contributed by atoms with Gasteiger partial charge in [-0.15, -0.1) is 0 Å². The minimum atomic E-state index is -0.661. The van der Waals surface area contributed by atoms with Crippen molar-refractivity contribution in [1.29, 1.82) is 0 Å². The van der Waals surface area contributed by atoms with Crippen LogP contribution in [0, 0.1) is 0 Å². The predicted molar refractivity (Wildman–Crippen MR) is 101 cm³/mol. The fourth-order valence-corrected chi connectivity index (χ4v) is 2.88. The van der Waals surface area contributed by atoms with Crippen molar-refractivity contribution in [3.8, 4) is 0 Å². The van der Waals surface area contributed by atoms with Gasteiger partial charge in [0.2, 0.25) is 0 Å². The van der Waals surface area contributed by atoms with Crippen molar-refractivity contribution in [1.82, 2.24) is 0 Å². The Kier molecular flexibility index (Phi) is 12.8. The van der Waals surface area contributed by atoms with E-state index in [0.29, 0.717) is 12.8 Å². The molecule has 4 nitrogen and oxygen atoms in total. The van der Waals surface area contributed by atoms with Crippen molar-refractivity contribution in [2.24, 2.45) is 5.73 Å². The van der Waals surface area contributed by atoms with Crippen LogP contribution in [-0.2, 0) is 12.8 Å². The van der Waals surface area contributed by atoms with Crippen LogP contribution < -0.4 is 5.73 Å². The molecule has 24 heavy (non-hydrogen) atoms. The number of hydrogen-bond acceptors (Lipinski definition) is 3. The number of aliphatic hydroxyl groups is 2. The lowest BCUT2D eigenvalue weighted by atomic mass is 9.90. The van der Waals surface area contributed by atoms with E-state index < -0.39 is 5.54 Å². The summed E-state index contributed by atoms with van der Waals surface area (Å²) in [5.74, 6) is 0. The van der Waals surface area contributed by atoms with Gasteiger partial charge in [0.15, 0.2) is 0 Å². The number of benzene rings is 1. The van der Waals surface area contributed by atoms with Crippen LogP contribution in [0.25, 0.3) is 0 Å². The van der Waals surface area contributed by atoms with Gasteiger partial charge in [-0.2, -0.15) is 0 Å². The van der Waals surface area contributed by atoms with Gasteiger partial charge < -0.3 is 21.4 Å². The third kappa shape index (κ3) is 9.38. The quantitative estimate of drug-likeness (QED) is 0.482. The minimum Gasteiger partial charge on any atom is -0.412 e. The van der Waals surface area contributed by atoms with E-state index in [2.05, 4.69) is 31.2 Å². The first-order valence-electron chi connectivity index (χ1n) is 9.22. The Morgan fingerprint density at radius 1 is 0.833 bits per heavy atom. The van der Waals surface area contributed by atoms with Gasteiger partial charge >= 0.3 is 0 Å². The highest BCUT2D eigenvalue weighted by molar-refractivity contribution is 5.23. The highest BCUT2D eigenvalue weighted by atomic mass is 16.3. The molecule has 0 radical (unpaired) electrons. The van der Waals surface area contributed by atoms with Gasteiger partial charge in [-0.1, -0.05) is 63.3 Å². The van der Waals surface area contributed by atoms with Gasteiger partial charge in [-0.05, 0) is 43.2 Å². The largest absolute Gasteiger partial charge is 0.412 e. The van der Waals surface area contributed by atoms with E-state index in [-0.39, 0.29) is 18.7 Å². The fourth-order valence-electron chi connectivity index (χ4n) is 2.88. The van der Waals surface area contributed by atoms with Crippen molar-refractivity contribution >= 4 is 0 Å². The average molecular weight is 340 g/mol. The fraction of sp³-hybridized carbons (Fsp3) is 0.700. The second-order valence-electron chi connectivity index (χ2n) is 6.83. The second kappa shape index (κ2) is 13.4. The summed E-state index contributed by atoms with van der Waals surface area (Å²) in [4.78, 5) is 0. The first kappa shape index (κ1) is 23.1. The Morgan fingerprint density at radius 2 is 1.38 bits per heavy atom. The summed E-state index contributed by atoms with van der Waals surface area (Å²) in [5.41, 5.74) is 8.08. The summed E-state index contributed by atoms with van der Waals surface area (Å²) in [6.07, 6.45) is 11.1. The highest BCUT2D eigenvalue weighted by Gasteiger charge is 2.22. The molecule has 140 valence electrons. The van der Waals surface area contributed by atoms with Crippen molar-refractivity contribution in [2.45, 2.75) is 76.7 Å². The number of hydrogen-bond donors (Lipinski definition) is 3. The van der Waals surface area contributed by atoms with E-state index in [1.54, 1.807) is 0 Å². The molecular weight excluding hydrogens is 302 g/mol. The number of nitrogens with two attached hydrogens (primary N) is 1. The summed E-state index contributed by atoms with van der Waals surface area (Å²) < 4.78 is 0. The van der Waals surface area contributed by atoms with Crippen LogP contribution in [0.15, 0.2) is 24.3 Å². The SMILES string of the molecule is CCCCCCCCc1ccc(CCC(N)(CO)CCO)cc1.O. The number of aryl methyl sites for hydroxylation is 2. The number of aliphatic hydroxyl groups excluding tert-OH is 2. The lowest BCUT2D eigenvalue weighted by molar-refractivity contribution is 0.149. The van der Waals surface area contributed by atoms with E-state index in [1.165, 1.54) is 49.7 Å². The minimum absolute atomic E-state index is 0. The molecule has 1 aromatic rings. The Balaban J connectivity index is 0.00000529. The summed E-state index contributed by atoms with van der Waals surface area (Å²) in [5, 5.41) is 18.4. The average Bonchev–Trinajstić information content (AvgIpc) is 2.57. The van der Waals surface area contributed by atoms with Crippen LogP contribution in [0.1, 0.15) is 69.4 Å². The van der Waals surface area contributed by atoms with E-state index in [9.17, 15) is 5.11 Å². The third-order valence-electron chi connectivity index (χ3n) is 4.68. The summed E-state index contributed by atoms with van der Waals surface area (Å²) in [7, 11) is 0. The van der Waals surface area contributed by atoms with Gasteiger partial charge in [0.05, 0.1) is 6.61 Å². The zero-order valence-corrected chi connectivity index (χ0v) is 15.3. The molecule has 0 spiro atoms. The zero-order valence-electron chi connectivity index (χ0n) is 15.3. The number of unbranched alkanes of at least 4 members (excludes halogenated alkanes) is 5. The second-order valence-corrected chi connectivity index (χ2v) is 6.83. The smallest absolute Gasteiger partial charge is 0.0612 e. The van der Waals surface area contributed by atoms with Crippen LogP contribution in [0.3, 0.4) is 0 Å². The molecule has 1 rings (SSSR count). The van der Waals surface area contributed by atoms with Gasteiger partial charge in [-0.25, -0.2) is 0 Å². The van der Waals surface area contributed by atoms with Crippen LogP contribution in [0.4, 0.5) is 0 Å². The monoisotopic (exact) mass is 339 g/mol. The molecule has 6 N–H and O–H groups in total. The molecule has 0 saturated carbocycles. The topological polar surface area (TPSA) is 98.0 Å². The van der Waals surface area contributed by atoms with E-state index >= 15 is 0 Å². The Hall–Kier alpha value is -0.940. The normalized spacial score (nSPS) is 13.3. The first-order valence-corrected chi connectivity index (χ1v) is 9.22. The lowest BCUT2D eigenvalue weighted by Crippen LogP contribution is -2.44. The molecular formula is C20H37NO3. The van der Waals surface area contributed by atoms with E-state index in [0.717, 1.165) is 12.8 Å². The molecule has 0 amide bonds. The molecule has 0 saturated heterocycles. The maximum absolute atomic E-state index is 9.38. The van der Waals surface area contributed by atoms with Gasteiger partial charge in [-0.3, -0.25) is 0 Å². The molecule has 0 aliphatic rings. The van der Waals surface area contributed by atoms with Crippen molar-refractivity contribution in [2.75, 3.05) is 13.2 Å². The molecule has 1 unspecified atom stereocenters. The van der Waals surface area contributed by atoms with Crippen LogP contribution in [0.2, 0.25) is 0 Å². The van der Waals surface area contributed by atoms with Crippen LogP contribution in [-0.4, -0.2) is 34.4 Å². The Bertz CT molecular complexity index is 408. The van der Waals surface area contributed by atoms with E-state index in [4.69, 9.17) is 10.8 Å². The molecule has 0 bridgehead atoms. The molecule has 0 aliphatic heterocycles. The molecule has 4 heteroatoms. The van der Waals surface area contributed by atoms with Gasteiger partial charge in [0.25, 0.3) is 0 Å². The Labute approximate surface area is 147 Å². The molecule has 1 aromatic carbocycles. The zero-order chi connectivity index (χ0) is 17.0. The first-order chi connectivity index (χ1) is 11.1. The van der Waals surface area contributed by atoms with Gasteiger partial charge in [0, 0.05) is 12.1 Å². The molecule has 0 aromatic heterocycles. The van der Waals surface area contributed by atoms with Crippen LogP contribution in [0.5, 0.6) is 0 Å². The standard InChI is InChI=1S/C20H35NO2.H2O/c1-2-3-4-5-6-7-8-18-9-11-19(12-10-18)13-14-20(21,17-23)15-16-22;/h9-12,22-23H,2-8,13-17,21H2,1H3;1H2. The Morgan fingerprint density at radius 3 is 1.92 bits per heavy atom. The molecule has 0 heterocycles. The van der Waals surface area contributed by atoms with E-state index in [1.807, 2.05) is 0 Å². The highest BCUT2D eigenvalue weighted by Crippen LogP contribution is 2.17. The third-order valence-corrected chi connectivity index (χ3v) is 4.68. The van der Waals surface area contributed by atoms with Crippen LogP contribution >= 0.6 is 0 Å². The summed E-state index contributed by atoms with van der Waals surface area (Å²) in [6, 6.07) is 8.77. The van der Waals surface area contributed by atoms with Crippen molar-refractivity contribution < 1.29 is 15.7 Å². The maximum atomic E-state index is 9.38. The summed E-state index contributed by atoms with van der Waals surface area (Å²) in [6.45, 7) is 2.19. The maximum Gasteiger partial charge on any atom is 0.0612 e. The molecule has 0 aliphatic carbocycles. The molecule has 0 fully saturated rings.